The maximum atomic E-state index is 5.87. The van der Waals surface area contributed by atoms with Gasteiger partial charge in [0.15, 0.2) is 0 Å². The molecule has 0 radical (unpaired) electrons. The molecule has 0 aliphatic carbocycles. The highest BCUT2D eigenvalue weighted by atomic mass is 16.5. The number of ether oxygens (including phenoxy) is 1. The number of anilines is 1. The van der Waals surface area contributed by atoms with Crippen molar-refractivity contribution in [3.05, 3.63) is 42.0 Å². The molecule has 3 heteroatoms. The zero-order valence-corrected chi connectivity index (χ0v) is 13.3. The second-order valence-electron chi connectivity index (χ2n) is 5.44. The van der Waals surface area contributed by atoms with E-state index >= 15 is 0 Å². The predicted octanol–water partition coefficient (Wildman–Crippen LogP) is 3.55. The van der Waals surface area contributed by atoms with Crippen LogP contribution in [0.15, 0.2) is 36.4 Å². The average molecular weight is 286 g/mol. The van der Waals surface area contributed by atoms with E-state index in [0.717, 1.165) is 19.6 Å². The Balaban J connectivity index is 2.52. The Morgan fingerprint density at radius 2 is 1.86 bits per heavy atom. The molecule has 0 amide bonds. The Bertz CT molecular complexity index is 582. The van der Waals surface area contributed by atoms with Crippen LogP contribution in [0, 0.1) is 0 Å². The van der Waals surface area contributed by atoms with Gasteiger partial charge in [0.2, 0.25) is 0 Å². The van der Waals surface area contributed by atoms with Crippen LogP contribution in [0.1, 0.15) is 25.8 Å². The zero-order chi connectivity index (χ0) is 15.2. The highest BCUT2D eigenvalue weighted by Crippen LogP contribution is 2.31. The molecule has 1 unspecified atom stereocenters. The summed E-state index contributed by atoms with van der Waals surface area (Å²) < 4.78 is 5.28. The summed E-state index contributed by atoms with van der Waals surface area (Å²) >= 11 is 0. The standard InChI is InChI=1S/C18H26N2O/c1-4-14(2)20(11-12-21-3)18-10-9-15(13-19)16-7-5-6-8-17(16)18/h5-10,14H,4,11-13,19H2,1-3H3. The van der Waals surface area contributed by atoms with E-state index < -0.39 is 0 Å². The first-order chi connectivity index (χ1) is 10.2. The van der Waals surface area contributed by atoms with Crippen LogP contribution in [0.25, 0.3) is 10.8 Å². The summed E-state index contributed by atoms with van der Waals surface area (Å²) in [6.45, 7) is 6.69. The quantitative estimate of drug-likeness (QED) is 0.846. The molecule has 0 spiro atoms. The number of rotatable bonds is 7. The third-order valence-electron chi connectivity index (χ3n) is 4.18. The molecule has 0 saturated heterocycles. The van der Waals surface area contributed by atoms with E-state index in [1.165, 1.54) is 22.0 Å². The van der Waals surface area contributed by atoms with Crippen molar-refractivity contribution in [2.24, 2.45) is 5.73 Å². The summed E-state index contributed by atoms with van der Waals surface area (Å²) in [5.74, 6) is 0. The first-order valence-corrected chi connectivity index (χ1v) is 7.69. The third-order valence-corrected chi connectivity index (χ3v) is 4.18. The Morgan fingerprint density at radius 3 is 2.48 bits per heavy atom. The van der Waals surface area contributed by atoms with Crippen LogP contribution in [0.4, 0.5) is 5.69 Å². The number of hydrogen-bond acceptors (Lipinski definition) is 3. The van der Waals surface area contributed by atoms with Gasteiger partial charge in [-0.1, -0.05) is 37.3 Å². The van der Waals surface area contributed by atoms with Gasteiger partial charge >= 0.3 is 0 Å². The smallest absolute Gasteiger partial charge is 0.0637 e. The monoisotopic (exact) mass is 286 g/mol. The summed E-state index contributed by atoms with van der Waals surface area (Å²) in [6, 6.07) is 13.3. The zero-order valence-electron chi connectivity index (χ0n) is 13.3. The van der Waals surface area contributed by atoms with E-state index in [0.29, 0.717) is 12.6 Å². The number of benzene rings is 2. The summed E-state index contributed by atoms with van der Waals surface area (Å²) in [4.78, 5) is 2.44. The van der Waals surface area contributed by atoms with Gasteiger partial charge in [-0.3, -0.25) is 0 Å². The van der Waals surface area contributed by atoms with Gasteiger partial charge in [-0.05, 0) is 30.4 Å². The van der Waals surface area contributed by atoms with E-state index in [9.17, 15) is 0 Å². The van der Waals surface area contributed by atoms with E-state index in [1.54, 1.807) is 7.11 Å². The molecule has 1 atom stereocenters. The van der Waals surface area contributed by atoms with Crippen LogP contribution in [-0.4, -0.2) is 26.3 Å². The van der Waals surface area contributed by atoms with Crippen molar-refractivity contribution < 1.29 is 4.74 Å². The highest BCUT2D eigenvalue weighted by Gasteiger charge is 2.16. The van der Waals surface area contributed by atoms with Gasteiger partial charge in [-0.15, -0.1) is 0 Å². The van der Waals surface area contributed by atoms with Gasteiger partial charge in [0.25, 0.3) is 0 Å². The predicted molar refractivity (Wildman–Crippen MR) is 90.8 cm³/mol. The summed E-state index contributed by atoms with van der Waals surface area (Å²) in [7, 11) is 1.75. The van der Waals surface area contributed by atoms with Crippen LogP contribution < -0.4 is 10.6 Å². The molecule has 0 fully saturated rings. The summed E-state index contributed by atoms with van der Waals surface area (Å²) in [5.41, 5.74) is 8.35. The van der Waals surface area contributed by atoms with Crippen molar-refractivity contribution in [2.75, 3.05) is 25.2 Å². The minimum atomic E-state index is 0.479. The van der Waals surface area contributed by atoms with Crippen molar-refractivity contribution in [2.45, 2.75) is 32.9 Å². The minimum Gasteiger partial charge on any atom is -0.383 e. The number of methoxy groups -OCH3 is 1. The summed E-state index contributed by atoms with van der Waals surface area (Å²) in [5, 5.41) is 2.53. The molecule has 0 aliphatic rings. The molecular formula is C18H26N2O. The fraction of sp³-hybridized carbons (Fsp3) is 0.444. The average Bonchev–Trinajstić information content (AvgIpc) is 2.54. The largest absolute Gasteiger partial charge is 0.383 e. The Labute approximate surface area is 127 Å². The number of nitrogens with two attached hydrogens (primary N) is 1. The van der Waals surface area contributed by atoms with Crippen LogP contribution in [0.2, 0.25) is 0 Å². The van der Waals surface area contributed by atoms with Gasteiger partial charge in [0.1, 0.15) is 0 Å². The lowest BCUT2D eigenvalue weighted by molar-refractivity contribution is 0.203. The molecule has 2 aromatic rings. The minimum absolute atomic E-state index is 0.479. The molecule has 2 N–H and O–H groups in total. The van der Waals surface area contributed by atoms with E-state index in [4.69, 9.17) is 10.5 Å². The van der Waals surface area contributed by atoms with Gasteiger partial charge in [0, 0.05) is 37.3 Å². The molecule has 0 saturated carbocycles. The molecule has 114 valence electrons. The van der Waals surface area contributed by atoms with E-state index in [-0.39, 0.29) is 0 Å². The number of nitrogens with zero attached hydrogens (tertiary/aromatic N) is 1. The summed E-state index contributed by atoms with van der Waals surface area (Å²) in [6.07, 6.45) is 1.11. The lowest BCUT2D eigenvalue weighted by Crippen LogP contribution is -2.35. The van der Waals surface area contributed by atoms with Crippen LogP contribution in [0.5, 0.6) is 0 Å². The molecule has 3 nitrogen and oxygen atoms in total. The molecule has 0 bridgehead atoms. The Hall–Kier alpha value is -1.58. The van der Waals surface area contributed by atoms with Crippen molar-refractivity contribution in [3.8, 4) is 0 Å². The second kappa shape index (κ2) is 7.43. The lowest BCUT2D eigenvalue weighted by Gasteiger charge is -2.32. The first-order valence-electron chi connectivity index (χ1n) is 7.69. The second-order valence-corrected chi connectivity index (χ2v) is 5.44. The first kappa shape index (κ1) is 15.8. The van der Waals surface area contributed by atoms with Crippen molar-refractivity contribution in [3.63, 3.8) is 0 Å². The fourth-order valence-corrected chi connectivity index (χ4v) is 2.76. The van der Waals surface area contributed by atoms with E-state index in [1.807, 2.05) is 0 Å². The molecule has 2 aromatic carbocycles. The molecule has 2 rings (SSSR count). The Kier molecular flexibility index (Phi) is 5.59. The van der Waals surface area contributed by atoms with Crippen molar-refractivity contribution >= 4 is 16.5 Å². The number of hydrogen-bond donors (Lipinski definition) is 1. The van der Waals surface area contributed by atoms with Gasteiger partial charge in [-0.2, -0.15) is 0 Å². The molecule has 0 aliphatic heterocycles. The maximum Gasteiger partial charge on any atom is 0.0637 e. The van der Waals surface area contributed by atoms with E-state index in [2.05, 4.69) is 55.1 Å². The molecular weight excluding hydrogens is 260 g/mol. The van der Waals surface area contributed by atoms with Gasteiger partial charge in [0.05, 0.1) is 6.61 Å². The number of fused-ring (bicyclic) bond motifs is 1. The van der Waals surface area contributed by atoms with Crippen molar-refractivity contribution in [1.82, 2.24) is 0 Å². The van der Waals surface area contributed by atoms with Crippen LogP contribution in [-0.2, 0) is 11.3 Å². The Morgan fingerprint density at radius 1 is 1.14 bits per heavy atom. The molecule has 0 aromatic heterocycles. The SMILES string of the molecule is CCC(C)N(CCOC)c1ccc(CN)c2ccccc12. The fourth-order valence-electron chi connectivity index (χ4n) is 2.76. The molecule has 21 heavy (non-hydrogen) atoms. The maximum absolute atomic E-state index is 5.87. The van der Waals surface area contributed by atoms with Gasteiger partial charge < -0.3 is 15.4 Å². The molecule has 0 heterocycles. The van der Waals surface area contributed by atoms with Crippen LogP contribution in [0.3, 0.4) is 0 Å². The lowest BCUT2D eigenvalue weighted by atomic mass is 10.0. The third kappa shape index (κ3) is 3.36. The highest BCUT2D eigenvalue weighted by molar-refractivity contribution is 5.96. The van der Waals surface area contributed by atoms with Crippen molar-refractivity contribution in [1.29, 1.82) is 0 Å². The topological polar surface area (TPSA) is 38.5 Å². The van der Waals surface area contributed by atoms with Gasteiger partial charge in [-0.25, -0.2) is 0 Å². The van der Waals surface area contributed by atoms with Crippen LogP contribution >= 0.6 is 0 Å². The normalized spacial score (nSPS) is 12.6.